The number of hydrogen-bond acceptors (Lipinski definition) is 4. The average Bonchev–Trinajstić information content (AvgIpc) is 3.52. The number of aryl methyl sites for hydroxylation is 1. The Morgan fingerprint density at radius 1 is 1.31 bits per heavy atom. The Labute approximate surface area is 177 Å². The third kappa shape index (κ3) is 5.21. The molecule has 1 aliphatic heterocycles. The predicted octanol–water partition coefficient (Wildman–Crippen LogP) is 5.06. The van der Waals surface area contributed by atoms with Gasteiger partial charge in [0.2, 0.25) is 0 Å². The zero-order chi connectivity index (χ0) is 21.0. The van der Waals surface area contributed by atoms with E-state index in [0.717, 1.165) is 33.1 Å². The van der Waals surface area contributed by atoms with Crippen LogP contribution in [0.5, 0.6) is 5.75 Å². The van der Waals surface area contributed by atoms with Crippen molar-refractivity contribution in [3.63, 3.8) is 0 Å². The van der Waals surface area contributed by atoms with E-state index in [1.54, 1.807) is 24.9 Å². The first-order valence-corrected chi connectivity index (χ1v) is 11.2. The normalized spacial score (nSPS) is 17.7. The highest BCUT2D eigenvalue weighted by Crippen LogP contribution is 2.37. The molecule has 0 bridgehead atoms. The van der Waals surface area contributed by atoms with Crippen molar-refractivity contribution in [1.29, 1.82) is 0 Å². The Hall–Kier alpha value is -2.27. The van der Waals surface area contributed by atoms with E-state index in [0.29, 0.717) is 24.5 Å². The average molecular weight is 412 g/mol. The maximum atomic E-state index is 13.0. The number of carbonyl (C=O) groups excluding carboxylic acids is 2. The molecule has 3 rings (SSSR count). The van der Waals surface area contributed by atoms with Gasteiger partial charge in [0.15, 0.2) is 0 Å². The van der Waals surface area contributed by atoms with E-state index in [1.807, 2.05) is 32.1 Å². The fourth-order valence-corrected chi connectivity index (χ4v) is 4.28. The minimum atomic E-state index is -0.273. The largest absolute Gasteiger partial charge is 0.496 e. The van der Waals surface area contributed by atoms with Gasteiger partial charge >= 0.3 is 0 Å². The van der Waals surface area contributed by atoms with E-state index in [1.165, 1.54) is 23.8 Å². The molecule has 1 saturated carbocycles. The lowest BCUT2D eigenvalue weighted by Gasteiger charge is -2.25. The predicted molar refractivity (Wildman–Crippen MR) is 120 cm³/mol. The molecule has 0 saturated heterocycles. The first-order valence-electron chi connectivity index (χ1n) is 10.2. The Balaban J connectivity index is 1.76. The lowest BCUT2D eigenvalue weighted by molar-refractivity contribution is -0.139. The standard InChI is InChI=1S/C24H29NO3S/c1-5-29-22(15-18-8-9-18)20-7-6-12-25(24(20)27)23(26)11-10-19-13-16(2)17(3)21(14-19)28-4/h7,10-11,13-15,18H,5-6,8-9,12H2,1-4H3/b11-10+,22-15?. The zero-order valence-electron chi connectivity index (χ0n) is 17.7. The summed E-state index contributed by atoms with van der Waals surface area (Å²) in [5, 5.41) is 0. The highest BCUT2D eigenvalue weighted by Gasteiger charge is 2.29. The Bertz CT molecular complexity index is 894. The molecule has 0 N–H and O–H groups in total. The topological polar surface area (TPSA) is 46.6 Å². The summed E-state index contributed by atoms with van der Waals surface area (Å²) < 4.78 is 5.41. The van der Waals surface area contributed by atoms with Crippen molar-refractivity contribution >= 4 is 29.7 Å². The van der Waals surface area contributed by atoms with Gasteiger partial charge in [-0.1, -0.05) is 25.1 Å². The van der Waals surface area contributed by atoms with E-state index < -0.39 is 0 Å². The molecule has 0 aromatic heterocycles. The summed E-state index contributed by atoms with van der Waals surface area (Å²) in [5.74, 6) is 1.83. The van der Waals surface area contributed by atoms with E-state index in [9.17, 15) is 9.59 Å². The van der Waals surface area contributed by atoms with Crippen LogP contribution in [0.3, 0.4) is 0 Å². The number of amides is 2. The molecule has 0 radical (unpaired) electrons. The number of methoxy groups -OCH3 is 1. The van der Waals surface area contributed by atoms with Gasteiger partial charge in [-0.2, -0.15) is 0 Å². The quantitative estimate of drug-likeness (QED) is 0.589. The molecule has 5 heteroatoms. The van der Waals surface area contributed by atoms with Gasteiger partial charge in [-0.15, -0.1) is 11.8 Å². The number of hydrogen-bond donors (Lipinski definition) is 0. The number of ether oxygens (including phenoxy) is 1. The highest BCUT2D eigenvalue weighted by atomic mass is 32.2. The van der Waals surface area contributed by atoms with Crippen molar-refractivity contribution < 1.29 is 14.3 Å². The molecule has 0 unspecified atom stereocenters. The number of imide groups is 1. The highest BCUT2D eigenvalue weighted by molar-refractivity contribution is 8.03. The van der Waals surface area contributed by atoms with Crippen LogP contribution in [-0.2, 0) is 9.59 Å². The number of nitrogens with zero attached hydrogens (tertiary/aromatic N) is 1. The van der Waals surface area contributed by atoms with Gasteiger partial charge < -0.3 is 4.74 Å². The smallest absolute Gasteiger partial charge is 0.261 e. The van der Waals surface area contributed by atoms with Crippen molar-refractivity contribution in [1.82, 2.24) is 4.90 Å². The summed E-state index contributed by atoms with van der Waals surface area (Å²) in [6, 6.07) is 3.92. The molecule has 29 heavy (non-hydrogen) atoms. The second-order valence-electron chi connectivity index (χ2n) is 7.50. The van der Waals surface area contributed by atoms with Crippen LogP contribution in [0.25, 0.3) is 6.08 Å². The molecule has 1 aliphatic carbocycles. The molecular weight excluding hydrogens is 382 g/mol. The van der Waals surface area contributed by atoms with Gasteiger partial charge in [0.25, 0.3) is 11.8 Å². The molecular formula is C24H29NO3S. The van der Waals surface area contributed by atoms with Gasteiger partial charge in [-0.3, -0.25) is 14.5 Å². The van der Waals surface area contributed by atoms with Crippen LogP contribution in [0, 0.1) is 19.8 Å². The lowest BCUT2D eigenvalue weighted by Crippen LogP contribution is -2.40. The van der Waals surface area contributed by atoms with Crippen molar-refractivity contribution in [2.45, 2.75) is 40.0 Å². The van der Waals surface area contributed by atoms with Crippen LogP contribution >= 0.6 is 11.8 Å². The third-order valence-electron chi connectivity index (χ3n) is 5.30. The van der Waals surface area contributed by atoms with Crippen LogP contribution in [0.4, 0.5) is 0 Å². The third-order valence-corrected chi connectivity index (χ3v) is 6.25. The van der Waals surface area contributed by atoms with Crippen molar-refractivity contribution in [3.05, 3.63) is 57.5 Å². The number of carbonyl (C=O) groups is 2. The molecule has 0 atom stereocenters. The fraction of sp³-hybridized carbons (Fsp3) is 0.417. The van der Waals surface area contributed by atoms with Gasteiger partial charge in [0.1, 0.15) is 5.75 Å². The summed E-state index contributed by atoms with van der Waals surface area (Å²) in [6.07, 6.45) is 10.5. The monoisotopic (exact) mass is 411 g/mol. The Morgan fingerprint density at radius 3 is 2.72 bits per heavy atom. The maximum absolute atomic E-state index is 13.0. The Kier molecular flexibility index (Phi) is 7.01. The summed E-state index contributed by atoms with van der Waals surface area (Å²) in [5.41, 5.74) is 3.75. The van der Waals surface area contributed by atoms with Crippen LogP contribution in [0.15, 0.2) is 40.8 Å². The summed E-state index contributed by atoms with van der Waals surface area (Å²) in [4.78, 5) is 28.2. The van der Waals surface area contributed by atoms with Crippen molar-refractivity contribution in [2.75, 3.05) is 19.4 Å². The van der Waals surface area contributed by atoms with Crippen molar-refractivity contribution in [3.8, 4) is 5.75 Å². The molecule has 4 nitrogen and oxygen atoms in total. The molecule has 1 aromatic carbocycles. The zero-order valence-corrected chi connectivity index (χ0v) is 18.5. The SMILES string of the molecule is CCSC(=CC1CC1)C1=CCCN(C(=O)/C=C/c2cc(C)c(C)c(OC)c2)C1=O. The molecule has 0 spiro atoms. The molecule has 154 valence electrons. The number of benzene rings is 1. The maximum Gasteiger partial charge on any atom is 0.261 e. The Morgan fingerprint density at radius 2 is 2.07 bits per heavy atom. The summed E-state index contributed by atoms with van der Waals surface area (Å²) in [6.45, 7) is 6.54. The second-order valence-corrected chi connectivity index (χ2v) is 8.81. The van der Waals surface area contributed by atoms with Crippen LogP contribution in [0.2, 0.25) is 0 Å². The van der Waals surface area contributed by atoms with Crippen LogP contribution in [0.1, 0.15) is 42.9 Å². The summed E-state index contributed by atoms with van der Waals surface area (Å²) in [7, 11) is 1.64. The van der Waals surface area contributed by atoms with Crippen LogP contribution in [-0.4, -0.2) is 36.1 Å². The molecule has 1 fully saturated rings. The van der Waals surface area contributed by atoms with E-state index in [4.69, 9.17) is 4.74 Å². The second kappa shape index (κ2) is 9.49. The molecule has 2 aliphatic rings. The van der Waals surface area contributed by atoms with Crippen LogP contribution < -0.4 is 4.74 Å². The van der Waals surface area contributed by atoms with E-state index in [-0.39, 0.29) is 11.8 Å². The van der Waals surface area contributed by atoms with Crippen molar-refractivity contribution in [2.24, 2.45) is 5.92 Å². The molecule has 1 heterocycles. The van der Waals surface area contributed by atoms with Gasteiger partial charge in [0, 0.05) is 23.1 Å². The molecule has 1 aromatic rings. The number of allylic oxidation sites excluding steroid dienone is 1. The first kappa shape index (κ1) is 21.4. The number of rotatable bonds is 7. The van der Waals surface area contributed by atoms with E-state index in [2.05, 4.69) is 13.0 Å². The molecule has 2 amide bonds. The number of thioether (sulfide) groups is 1. The minimum absolute atomic E-state index is 0.184. The van der Waals surface area contributed by atoms with Gasteiger partial charge in [0.05, 0.1) is 7.11 Å². The first-order chi connectivity index (χ1) is 13.9. The van der Waals surface area contributed by atoms with Gasteiger partial charge in [-0.05, 0) is 73.6 Å². The summed E-state index contributed by atoms with van der Waals surface area (Å²) >= 11 is 1.69. The lowest BCUT2D eigenvalue weighted by atomic mass is 10.0. The minimum Gasteiger partial charge on any atom is -0.496 e. The van der Waals surface area contributed by atoms with Gasteiger partial charge in [-0.25, -0.2) is 0 Å². The fourth-order valence-electron chi connectivity index (χ4n) is 3.36. The van der Waals surface area contributed by atoms with E-state index >= 15 is 0 Å².